The Morgan fingerprint density at radius 3 is 2.62 bits per heavy atom. The highest BCUT2D eigenvalue weighted by atomic mass is 19.1. The minimum absolute atomic E-state index is 0.118. The zero-order chi connectivity index (χ0) is 20.1. The van der Waals surface area contributed by atoms with E-state index < -0.39 is 0 Å². The van der Waals surface area contributed by atoms with Crippen molar-refractivity contribution in [1.82, 2.24) is 15.3 Å². The summed E-state index contributed by atoms with van der Waals surface area (Å²) in [6.45, 7) is 1.30. The zero-order valence-corrected chi connectivity index (χ0v) is 15.8. The molecule has 0 radical (unpaired) electrons. The van der Waals surface area contributed by atoms with Gasteiger partial charge in [-0.3, -0.25) is 4.79 Å². The van der Waals surface area contributed by atoms with E-state index in [4.69, 9.17) is 4.74 Å². The van der Waals surface area contributed by atoms with Gasteiger partial charge in [0.1, 0.15) is 11.6 Å². The molecule has 1 saturated heterocycles. The van der Waals surface area contributed by atoms with Crippen molar-refractivity contribution in [2.45, 2.75) is 18.9 Å². The fourth-order valence-electron chi connectivity index (χ4n) is 3.13. The van der Waals surface area contributed by atoms with Crippen LogP contribution in [-0.4, -0.2) is 35.1 Å². The molecule has 1 aromatic heterocycles. The van der Waals surface area contributed by atoms with Crippen LogP contribution in [0.15, 0.2) is 60.8 Å². The van der Waals surface area contributed by atoms with E-state index in [0.717, 1.165) is 30.7 Å². The largest absolute Gasteiger partial charge is 0.376 e. The predicted molar refractivity (Wildman–Crippen MR) is 108 cm³/mol. The molecule has 1 amide bonds. The Bertz CT molecular complexity index is 971. The van der Waals surface area contributed by atoms with Crippen LogP contribution in [0.3, 0.4) is 0 Å². The number of amides is 1. The molecule has 148 valence electrons. The number of hydrogen-bond acceptors (Lipinski definition) is 5. The molecule has 3 aromatic rings. The van der Waals surface area contributed by atoms with Gasteiger partial charge in [0.2, 0.25) is 0 Å². The van der Waals surface area contributed by atoms with Gasteiger partial charge in [-0.05, 0) is 67.4 Å². The van der Waals surface area contributed by atoms with Crippen molar-refractivity contribution in [3.63, 3.8) is 0 Å². The summed E-state index contributed by atoms with van der Waals surface area (Å²) < 4.78 is 18.6. The minimum Gasteiger partial charge on any atom is -0.376 e. The van der Waals surface area contributed by atoms with Gasteiger partial charge in [-0.1, -0.05) is 0 Å². The van der Waals surface area contributed by atoms with Gasteiger partial charge in [0.05, 0.1) is 6.10 Å². The summed E-state index contributed by atoms with van der Waals surface area (Å²) >= 11 is 0. The van der Waals surface area contributed by atoms with Crippen LogP contribution in [0.4, 0.5) is 15.9 Å². The standard InChI is InChI=1S/C22H21FN4O2/c23-17-7-3-15(4-8-17)21-24-12-11-20(27-21)26-18-9-5-16(6-10-18)22(28)25-14-19-2-1-13-29-19/h3-12,19H,1-2,13-14H2,(H,25,28)(H,24,26,27). The van der Waals surface area contributed by atoms with Gasteiger partial charge in [0, 0.05) is 36.2 Å². The maximum atomic E-state index is 13.1. The number of hydrogen-bond donors (Lipinski definition) is 2. The summed E-state index contributed by atoms with van der Waals surface area (Å²) in [6.07, 6.45) is 3.79. The fraction of sp³-hybridized carbons (Fsp3) is 0.227. The maximum Gasteiger partial charge on any atom is 0.251 e. The highest BCUT2D eigenvalue weighted by Gasteiger charge is 2.16. The summed E-state index contributed by atoms with van der Waals surface area (Å²) in [5.41, 5.74) is 2.11. The Balaban J connectivity index is 1.39. The minimum atomic E-state index is -0.303. The molecular formula is C22H21FN4O2. The van der Waals surface area contributed by atoms with E-state index in [2.05, 4.69) is 20.6 Å². The number of aromatic nitrogens is 2. The van der Waals surface area contributed by atoms with E-state index in [0.29, 0.717) is 23.8 Å². The van der Waals surface area contributed by atoms with E-state index in [9.17, 15) is 9.18 Å². The Hall–Kier alpha value is -3.32. The first-order chi connectivity index (χ1) is 14.2. The number of nitrogens with zero attached hydrogens (tertiary/aromatic N) is 2. The molecule has 6 nitrogen and oxygen atoms in total. The van der Waals surface area contributed by atoms with Crippen LogP contribution in [-0.2, 0) is 4.74 Å². The fourth-order valence-corrected chi connectivity index (χ4v) is 3.13. The number of ether oxygens (including phenoxy) is 1. The molecule has 2 N–H and O–H groups in total. The normalized spacial score (nSPS) is 15.8. The van der Waals surface area contributed by atoms with Crippen LogP contribution in [0.5, 0.6) is 0 Å². The number of rotatable bonds is 6. The van der Waals surface area contributed by atoms with E-state index >= 15 is 0 Å². The lowest BCUT2D eigenvalue weighted by Crippen LogP contribution is -2.31. The Morgan fingerprint density at radius 1 is 1.10 bits per heavy atom. The topological polar surface area (TPSA) is 76.1 Å². The van der Waals surface area contributed by atoms with Crippen LogP contribution in [0.1, 0.15) is 23.2 Å². The Morgan fingerprint density at radius 2 is 1.90 bits per heavy atom. The van der Waals surface area contributed by atoms with Crippen molar-refractivity contribution in [1.29, 1.82) is 0 Å². The summed E-state index contributed by atoms with van der Waals surface area (Å²) in [5.74, 6) is 0.686. The van der Waals surface area contributed by atoms with E-state index in [1.165, 1.54) is 12.1 Å². The van der Waals surface area contributed by atoms with Crippen molar-refractivity contribution in [2.24, 2.45) is 0 Å². The van der Waals surface area contributed by atoms with Gasteiger partial charge < -0.3 is 15.4 Å². The second kappa shape index (κ2) is 8.79. The van der Waals surface area contributed by atoms with Crippen LogP contribution in [0, 0.1) is 5.82 Å². The lowest BCUT2D eigenvalue weighted by Gasteiger charge is -2.11. The predicted octanol–water partition coefficient (Wildman–Crippen LogP) is 3.94. The second-order valence-electron chi connectivity index (χ2n) is 6.82. The molecule has 0 bridgehead atoms. The number of carbonyl (C=O) groups excluding carboxylic acids is 1. The molecule has 4 rings (SSSR count). The molecule has 1 unspecified atom stereocenters. The smallest absolute Gasteiger partial charge is 0.251 e. The van der Waals surface area contributed by atoms with Crippen LogP contribution in [0.2, 0.25) is 0 Å². The Kier molecular flexibility index (Phi) is 5.76. The van der Waals surface area contributed by atoms with Gasteiger partial charge in [-0.15, -0.1) is 0 Å². The number of nitrogens with one attached hydrogen (secondary N) is 2. The quantitative estimate of drug-likeness (QED) is 0.665. The van der Waals surface area contributed by atoms with Gasteiger partial charge in [-0.25, -0.2) is 14.4 Å². The molecule has 1 atom stereocenters. The van der Waals surface area contributed by atoms with Crippen molar-refractivity contribution in [2.75, 3.05) is 18.5 Å². The van der Waals surface area contributed by atoms with Crippen molar-refractivity contribution < 1.29 is 13.9 Å². The molecule has 1 fully saturated rings. The molecule has 2 heterocycles. The molecule has 29 heavy (non-hydrogen) atoms. The third-order valence-corrected chi connectivity index (χ3v) is 4.69. The van der Waals surface area contributed by atoms with Gasteiger partial charge in [-0.2, -0.15) is 0 Å². The Labute approximate surface area is 168 Å². The first kappa shape index (κ1) is 19.0. The third-order valence-electron chi connectivity index (χ3n) is 4.69. The molecule has 2 aromatic carbocycles. The molecule has 1 aliphatic heterocycles. The molecule has 1 aliphatic rings. The summed E-state index contributed by atoms with van der Waals surface area (Å²) in [7, 11) is 0. The average molecular weight is 392 g/mol. The van der Waals surface area contributed by atoms with Crippen molar-refractivity contribution in [3.05, 3.63) is 72.2 Å². The number of benzene rings is 2. The van der Waals surface area contributed by atoms with Crippen molar-refractivity contribution in [3.8, 4) is 11.4 Å². The summed E-state index contributed by atoms with van der Waals surface area (Å²) in [6, 6.07) is 14.9. The van der Waals surface area contributed by atoms with Gasteiger partial charge in [0.25, 0.3) is 5.91 Å². The van der Waals surface area contributed by atoms with Crippen LogP contribution in [0.25, 0.3) is 11.4 Å². The lowest BCUT2D eigenvalue weighted by molar-refractivity contribution is 0.0858. The van der Waals surface area contributed by atoms with E-state index in [-0.39, 0.29) is 17.8 Å². The number of halogens is 1. The molecule has 0 saturated carbocycles. The second-order valence-corrected chi connectivity index (χ2v) is 6.82. The molecular weight excluding hydrogens is 371 g/mol. The lowest BCUT2D eigenvalue weighted by atomic mass is 10.2. The monoisotopic (exact) mass is 392 g/mol. The van der Waals surface area contributed by atoms with Crippen molar-refractivity contribution >= 4 is 17.4 Å². The SMILES string of the molecule is O=C(NCC1CCCO1)c1ccc(Nc2ccnc(-c3ccc(F)cc3)n2)cc1. The van der Waals surface area contributed by atoms with E-state index in [1.807, 2.05) is 12.1 Å². The van der Waals surface area contributed by atoms with E-state index in [1.54, 1.807) is 36.5 Å². The third kappa shape index (κ3) is 4.94. The summed E-state index contributed by atoms with van der Waals surface area (Å²) in [4.78, 5) is 21.0. The number of anilines is 2. The highest BCUT2D eigenvalue weighted by Crippen LogP contribution is 2.20. The number of carbonyl (C=O) groups is 1. The van der Waals surface area contributed by atoms with Gasteiger partial charge >= 0.3 is 0 Å². The van der Waals surface area contributed by atoms with Crippen LogP contribution < -0.4 is 10.6 Å². The molecule has 7 heteroatoms. The zero-order valence-electron chi connectivity index (χ0n) is 15.8. The first-order valence-corrected chi connectivity index (χ1v) is 9.53. The van der Waals surface area contributed by atoms with Gasteiger partial charge in [0.15, 0.2) is 5.82 Å². The highest BCUT2D eigenvalue weighted by molar-refractivity contribution is 5.94. The first-order valence-electron chi connectivity index (χ1n) is 9.53. The molecule has 0 aliphatic carbocycles. The average Bonchev–Trinajstić information content (AvgIpc) is 3.27. The maximum absolute atomic E-state index is 13.1. The summed E-state index contributed by atoms with van der Waals surface area (Å²) in [5, 5.41) is 6.10. The molecule has 0 spiro atoms. The van der Waals surface area contributed by atoms with Crippen LogP contribution >= 0.6 is 0 Å².